The second-order valence-corrected chi connectivity index (χ2v) is 8.95. The van der Waals surface area contributed by atoms with Gasteiger partial charge in [-0.05, 0) is 67.8 Å². The number of benzene rings is 2. The van der Waals surface area contributed by atoms with Gasteiger partial charge in [-0.2, -0.15) is 4.39 Å². The number of hydrogen-bond acceptors (Lipinski definition) is 5. The largest absolute Gasteiger partial charge is 0.494 e. The highest BCUT2D eigenvalue weighted by atomic mass is 19.1. The van der Waals surface area contributed by atoms with E-state index in [1.165, 1.54) is 25.3 Å². The van der Waals surface area contributed by atoms with Crippen molar-refractivity contribution in [1.82, 2.24) is 19.0 Å². The summed E-state index contributed by atoms with van der Waals surface area (Å²) in [6.07, 6.45) is 6.41. The van der Waals surface area contributed by atoms with Crippen LogP contribution in [0.15, 0.2) is 72.3 Å². The summed E-state index contributed by atoms with van der Waals surface area (Å²) in [5.74, 6) is -0.180. The van der Waals surface area contributed by atoms with Crippen LogP contribution in [0.3, 0.4) is 0 Å². The number of imidazole rings is 1. The summed E-state index contributed by atoms with van der Waals surface area (Å²) in [6.45, 7) is 6.55. The summed E-state index contributed by atoms with van der Waals surface area (Å²) in [6, 6.07) is 11.4. The van der Waals surface area contributed by atoms with Crippen molar-refractivity contribution in [2.45, 2.75) is 32.4 Å². The van der Waals surface area contributed by atoms with Crippen LogP contribution in [-0.4, -0.2) is 44.6 Å². The van der Waals surface area contributed by atoms with Crippen molar-refractivity contribution in [3.8, 4) is 22.9 Å². The van der Waals surface area contributed by atoms with Gasteiger partial charge in [0, 0.05) is 19.3 Å². The molecule has 3 heterocycles. The molecule has 0 N–H and O–H groups in total. The third-order valence-electron chi connectivity index (χ3n) is 6.71. The van der Waals surface area contributed by atoms with Crippen LogP contribution in [-0.2, 0) is 11.3 Å². The van der Waals surface area contributed by atoms with Crippen molar-refractivity contribution in [1.29, 1.82) is 0 Å². The van der Waals surface area contributed by atoms with Crippen LogP contribution in [0.25, 0.3) is 16.7 Å². The maximum Gasteiger partial charge on any atom is 0.333 e. The van der Waals surface area contributed by atoms with Gasteiger partial charge in [-0.25, -0.2) is 4.79 Å². The fourth-order valence-corrected chi connectivity index (χ4v) is 4.96. The molecule has 1 atom stereocenters. The van der Waals surface area contributed by atoms with E-state index in [2.05, 4.69) is 11.6 Å². The molecule has 1 amide bonds. The normalized spacial score (nSPS) is 15.2. The molecule has 1 saturated heterocycles. The molecule has 0 bridgehead atoms. The molecule has 8 nitrogen and oxygen atoms in total. The summed E-state index contributed by atoms with van der Waals surface area (Å²) in [5, 5.41) is 0. The molecule has 0 saturated carbocycles. The molecule has 2 aromatic carbocycles. The van der Waals surface area contributed by atoms with Gasteiger partial charge in [0.15, 0.2) is 11.5 Å². The Morgan fingerprint density at radius 1 is 1.19 bits per heavy atom. The molecule has 5 rings (SSSR count). The molecule has 0 aliphatic carbocycles. The van der Waals surface area contributed by atoms with Gasteiger partial charge in [0.05, 0.1) is 36.1 Å². The number of halogens is 1. The Hall–Kier alpha value is -4.40. The molecule has 1 aliphatic rings. The number of aromatic nitrogens is 3. The predicted molar refractivity (Wildman–Crippen MR) is 138 cm³/mol. The van der Waals surface area contributed by atoms with Crippen LogP contribution in [0.2, 0.25) is 0 Å². The zero-order valence-corrected chi connectivity index (χ0v) is 20.7. The molecular weight excluding hydrogens is 475 g/mol. The lowest BCUT2D eigenvalue weighted by Crippen LogP contribution is -2.39. The van der Waals surface area contributed by atoms with Gasteiger partial charge in [-0.1, -0.05) is 12.6 Å². The summed E-state index contributed by atoms with van der Waals surface area (Å²) in [7, 11) is 1.39. The number of hydrogen-bond donors (Lipinski definition) is 0. The van der Waals surface area contributed by atoms with Crippen molar-refractivity contribution in [3.63, 3.8) is 0 Å². The SMILES string of the molecule is C=CC(=O)N1CCCC1Cn1c(=O)n(-c2ccc(Oc3cccc(OC)c3F)cc2)c2cncc(C)c21. The number of carbonyl (C=O) groups excluding carboxylic acids is 1. The van der Waals surface area contributed by atoms with Crippen molar-refractivity contribution in [3.05, 3.63) is 89.4 Å². The topological polar surface area (TPSA) is 78.6 Å². The molecular formula is C28H27FN4O4. The number of carbonyl (C=O) groups is 1. The lowest BCUT2D eigenvalue weighted by atomic mass is 10.2. The van der Waals surface area contributed by atoms with E-state index in [1.54, 1.807) is 56.8 Å². The Kier molecular flexibility index (Phi) is 6.52. The smallest absolute Gasteiger partial charge is 0.333 e. The number of pyridine rings is 1. The molecule has 1 aliphatic heterocycles. The maximum atomic E-state index is 14.5. The summed E-state index contributed by atoms with van der Waals surface area (Å²) in [4.78, 5) is 32.2. The first-order valence-corrected chi connectivity index (χ1v) is 12.0. The number of aryl methyl sites for hydroxylation is 1. The van der Waals surface area contributed by atoms with Gasteiger partial charge in [0.1, 0.15) is 5.75 Å². The summed E-state index contributed by atoms with van der Waals surface area (Å²) < 4.78 is 28.5. The van der Waals surface area contributed by atoms with E-state index in [1.807, 2.05) is 6.92 Å². The van der Waals surface area contributed by atoms with Crippen LogP contribution < -0.4 is 15.2 Å². The minimum absolute atomic E-state index is 0.0379. The first-order chi connectivity index (χ1) is 17.9. The molecule has 4 aromatic rings. The fraction of sp³-hybridized carbons (Fsp3) is 0.250. The van der Waals surface area contributed by atoms with E-state index in [9.17, 15) is 14.0 Å². The highest BCUT2D eigenvalue weighted by Gasteiger charge is 2.29. The number of rotatable bonds is 7. The lowest BCUT2D eigenvalue weighted by Gasteiger charge is -2.23. The van der Waals surface area contributed by atoms with Crippen molar-refractivity contribution in [2.24, 2.45) is 0 Å². The third kappa shape index (κ3) is 4.37. The minimum Gasteiger partial charge on any atom is -0.494 e. The van der Waals surface area contributed by atoms with Gasteiger partial charge in [-0.15, -0.1) is 0 Å². The highest BCUT2D eigenvalue weighted by Crippen LogP contribution is 2.31. The van der Waals surface area contributed by atoms with E-state index >= 15 is 0 Å². The Morgan fingerprint density at radius 2 is 1.95 bits per heavy atom. The van der Waals surface area contributed by atoms with Gasteiger partial charge in [0.2, 0.25) is 11.7 Å². The quantitative estimate of drug-likeness (QED) is 0.345. The Balaban J connectivity index is 1.51. The van der Waals surface area contributed by atoms with Crippen LogP contribution in [0.5, 0.6) is 17.2 Å². The van der Waals surface area contributed by atoms with Crippen LogP contribution in [0.1, 0.15) is 18.4 Å². The molecule has 0 spiro atoms. The van der Waals surface area contributed by atoms with Crippen molar-refractivity contribution >= 4 is 16.9 Å². The second kappa shape index (κ2) is 9.93. The monoisotopic (exact) mass is 502 g/mol. The zero-order valence-electron chi connectivity index (χ0n) is 20.7. The number of ether oxygens (including phenoxy) is 2. The Labute approximate surface area is 213 Å². The number of nitrogens with zero attached hydrogens (tertiary/aromatic N) is 4. The van der Waals surface area contributed by atoms with Crippen LogP contribution in [0, 0.1) is 12.7 Å². The second-order valence-electron chi connectivity index (χ2n) is 8.95. The Bertz CT molecular complexity index is 1540. The number of methoxy groups -OCH3 is 1. The van der Waals surface area contributed by atoms with Crippen LogP contribution in [0.4, 0.5) is 4.39 Å². The van der Waals surface area contributed by atoms with Crippen molar-refractivity contribution < 1.29 is 18.7 Å². The molecule has 37 heavy (non-hydrogen) atoms. The van der Waals surface area contributed by atoms with E-state index < -0.39 is 5.82 Å². The van der Waals surface area contributed by atoms with Crippen LogP contribution >= 0.6 is 0 Å². The van der Waals surface area contributed by atoms with Gasteiger partial charge < -0.3 is 14.4 Å². The molecule has 9 heteroatoms. The lowest BCUT2D eigenvalue weighted by molar-refractivity contribution is -0.127. The van der Waals surface area contributed by atoms with Gasteiger partial charge in [-0.3, -0.25) is 18.9 Å². The van der Waals surface area contributed by atoms with E-state index in [-0.39, 0.29) is 29.1 Å². The third-order valence-corrected chi connectivity index (χ3v) is 6.71. The van der Waals surface area contributed by atoms with E-state index in [0.29, 0.717) is 30.0 Å². The van der Waals surface area contributed by atoms with E-state index in [0.717, 1.165) is 23.9 Å². The summed E-state index contributed by atoms with van der Waals surface area (Å²) >= 11 is 0. The first-order valence-electron chi connectivity index (χ1n) is 12.0. The summed E-state index contributed by atoms with van der Waals surface area (Å²) in [5.41, 5.74) is 2.69. The average molecular weight is 503 g/mol. The zero-order chi connectivity index (χ0) is 26.1. The predicted octanol–water partition coefficient (Wildman–Crippen LogP) is 4.61. The molecule has 2 aromatic heterocycles. The molecule has 190 valence electrons. The van der Waals surface area contributed by atoms with Gasteiger partial charge >= 0.3 is 5.69 Å². The number of fused-ring (bicyclic) bond motifs is 1. The maximum absolute atomic E-state index is 14.5. The number of likely N-dealkylation sites (tertiary alicyclic amines) is 1. The highest BCUT2D eigenvalue weighted by molar-refractivity contribution is 5.87. The molecule has 0 radical (unpaired) electrons. The van der Waals surface area contributed by atoms with Crippen molar-refractivity contribution in [2.75, 3.05) is 13.7 Å². The number of amides is 1. The molecule has 1 unspecified atom stereocenters. The first kappa shape index (κ1) is 24.3. The standard InChI is InChI=1S/C28H27FN4O4/c1-4-25(34)31-14-6-7-20(31)17-32-27-18(2)15-30-16-22(27)33(28(32)35)19-10-12-21(13-11-19)37-24-9-5-8-23(36-3)26(24)29/h4-5,8-13,15-16,20H,1,6-7,14,17H2,2-3H3. The average Bonchev–Trinajstić information content (AvgIpc) is 3.48. The van der Waals surface area contributed by atoms with Gasteiger partial charge in [0.25, 0.3) is 0 Å². The Morgan fingerprint density at radius 3 is 2.68 bits per heavy atom. The fourth-order valence-electron chi connectivity index (χ4n) is 4.96. The van der Waals surface area contributed by atoms with E-state index in [4.69, 9.17) is 9.47 Å². The minimum atomic E-state index is -0.592. The molecule has 1 fully saturated rings.